The van der Waals surface area contributed by atoms with Crippen molar-refractivity contribution in [2.75, 3.05) is 18.9 Å². The molecule has 142 valence electrons. The highest BCUT2D eigenvalue weighted by molar-refractivity contribution is 8.00. The van der Waals surface area contributed by atoms with Crippen LogP contribution < -0.4 is 10.6 Å². The fourth-order valence-corrected chi connectivity index (χ4v) is 3.19. The Morgan fingerprint density at radius 2 is 1.88 bits per heavy atom. The smallest absolute Gasteiger partial charge is 0.387 e. The predicted molar refractivity (Wildman–Crippen MR) is 95.5 cm³/mol. The molecule has 0 saturated carbocycles. The van der Waals surface area contributed by atoms with Crippen molar-refractivity contribution in [1.82, 2.24) is 19.8 Å². The first-order valence-corrected chi connectivity index (χ1v) is 8.96. The van der Waals surface area contributed by atoms with E-state index in [1.165, 1.54) is 28.6 Å². The number of nitrogens with zero attached hydrogens (tertiary/aromatic N) is 4. The maximum absolute atomic E-state index is 12.4. The van der Waals surface area contributed by atoms with E-state index in [2.05, 4.69) is 14.9 Å². The number of hydrogen-bond acceptors (Lipinski definition) is 6. The number of ether oxygens (including phenoxy) is 1. The Kier molecular flexibility index (Phi) is 6.78. The summed E-state index contributed by atoms with van der Waals surface area (Å²) in [6, 6.07) is 5.92. The average molecular weight is 385 g/mol. The van der Waals surface area contributed by atoms with E-state index < -0.39 is 6.61 Å². The van der Waals surface area contributed by atoms with E-state index in [1.54, 1.807) is 24.0 Å². The maximum atomic E-state index is 12.4. The van der Waals surface area contributed by atoms with Crippen LogP contribution in [0.5, 0.6) is 5.75 Å². The first-order valence-electron chi connectivity index (χ1n) is 8.08. The number of carbonyl (C=O) groups is 1. The Morgan fingerprint density at radius 1 is 1.27 bits per heavy atom. The van der Waals surface area contributed by atoms with E-state index >= 15 is 0 Å². The van der Waals surface area contributed by atoms with Crippen molar-refractivity contribution in [3.05, 3.63) is 24.3 Å². The number of nitrogen functional groups attached to an aromatic ring is 1. The zero-order valence-corrected chi connectivity index (χ0v) is 15.5. The molecule has 0 radical (unpaired) electrons. The van der Waals surface area contributed by atoms with E-state index in [1.807, 2.05) is 13.8 Å². The van der Waals surface area contributed by atoms with Crippen molar-refractivity contribution in [1.29, 1.82) is 0 Å². The number of nitrogens with two attached hydrogens (primary N) is 1. The van der Waals surface area contributed by atoms with Gasteiger partial charge in [-0.25, -0.2) is 4.68 Å². The van der Waals surface area contributed by atoms with Gasteiger partial charge in [0.05, 0.1) is 5.25 Å². The third kappa shape index (κ3) is 4.63. The second-order valence-electron chi connectivity index (χ2n) is 5.35. The van der Waals surface area contributed by atoms with E-state index in [0.717, 1.165) is 0 Å². The van der Waals surface area contributed by atoms with E-state index in [-0.39, 0.29) is 16.9 Å². The van der Waals surface area contributed by atoms with Crippen LogP contribution >= 0.6 is 11.8 Å². The second kappa shape index (κ2) is 8.84. The highest BCUT2D eigenvalue weighted by Gasteiger charge is 2.23. The summed E-state index contributed by atoms with van der Waals surface area (Å²) in [7, 11) is 0. The molecule has 26 heavy (non-hydrogen) atoms. The lowest BCUT2D eigenvalue weighted by molar-refractivity contribution is -0.129. The van der Waals surface area contributed by atoms with Crippen LogP contribution in [-0.2, 0) is 4.79 Å². The third-order valence-electron chi connectivity index (χ3n) is 3.71. The number of alkyl halides is 2. The monoisotopic (exact) mass is 385 g/mol. The minimum absolute atomic E-state index is 0.00180. The maximum Gasteiger partial charge on any atom is 0.387 e. The van der Waals surface area contributed by atoms with Gasteiger partial charge in [0, 0.05) is 18.7 Å². The molecule has 2 N–H and O–H groups in total. The molecule has 2 aromatic rings. The molecule has 0 aliphatic rings. The van der Waals surface area contributed by atoms with Gasteiger partial charge in [0.25, 0.3) is 0 Å². The van der Waals surface area contributed by atoms with Gasteiger partial charge in [-0.3, -0.25) is 4.79 Å². The fourth-order valence-electron chi connectivity index (χ4n) is 2.34. The standard InChI is InChI=1S/C16H21F2N5O2S/c1-4-22(5-2)14(24)10(3)26-16-21-20-13(23(16)19)11-6-8-12(9-7-11)25-15(17)18/h6-10,15H,4-5,19H2,1-3H3. The molecule has 7 nitrogen and oxygen atoms in total. The predicted octanol–water partition coefficient (Wildman–Crippen LogP) is 2.61. The summed E-state index contributed by atoms with van der Waals surface area (Å²) in [6.07, 6.45) is 0. The summed E-state index contributed by atoms with van der Waals surface area (Å²) in [5.41, 5.74) is 0.594. The molecule has 1 unspecified atom stereocenters. The Bertz CT molecular complexity index is 735. The van der Waals surface area contributed by atoms with Crippen LogP contribution in [0, 0.1) is 0 Å². The van der Waals surface area contributed by atoms with Gasteiger partial charge in [0.1, 0.15) is 5.75 Å². The Hall–Kier alpha value is -2.36. The Labute approximate surface area is 154 Å². The van der Waals surface area contributed by atoms with Crippen molar-refractivity contribution in [3.8, 4) is 17.1 Å². The molecule has 1 aromatic carbocycles. The average Bonchev–Trinajstić information content (AvgIpc) is 2.96. The molecule has 0 fully saturated rings. The van der Waals surface area contributed by atoms with Crippen molar-refractivity contribution in [2.45, 2.75) is 37.8 Å². The van der Waals surface area contributed by atoms with Gasteiger partial charge >= 0.3 is 6.61 Å². The number of aromatic nitrogens is 3. The molecule has 10 heteroatoms. The summed E-state index contributed by atoms with van der Waals surface area (Å²) in [5, 5.41) is 8.08. The zero-order valence-electron chi connectivity index (χ0n) is 14.7. The number of halogens is 2. The molecule has 0 aliphatic carbocycles. The molecule has 0 spiro atoms. The third-order valence-corrected chi connectivity index (χ3v) is 4.75. The molecule has 0 aliphatic heterocycles. The van der Waals surface area contributed by atoms with Gasteiger partial charge in [0.15, 0.2) is 5.82 Å². The van der Waals surface area contributed by atoms with Crippen LogP contribution in [0.25, 0.3) is 11.4 Å². The Balaban J connectivity index is 2.13. The van der Waals surface area contributed by atoms with E-state index in [4.69, 9.17) is 5.84 Å². The number of thioether (sulfide) groups is 1. The summed E-state index contributed by atoms with van der Waals surface area (Å²) in [6.45, 7) is 4.01. The number of carbonyl (C=O) groups excluding carboxylic acids is 1. The molecule has 1 amide bonds. The zero-order chi connectivity index (χ0) is 19.3. The molecule has 0 saturated heterocycles. The normalized spacial score (nSPS) is 12.2. The van der Waals surface area contributed by atoms with Crippen molar-refractivity contribution in [3.63, 3.8) is 0 Å². The van der Waals surface area contributed by atoms with Gasteiger partial charge in [-0.15, -0.1) is 10.2 Å². The number of rotatable bonds is 8. The minimum atomic E-state index is -2.88. The Morgan fingerprint density at radius 3 is 2.42 bits per heavy atom. The van der Waals surface area contributed by atoms with Crippen molar-refractivity contribution < 1.29 is 18.3 Å². The van der Waals surface area contributed by atoms with Crippen LogP contribution in [0.15, 0.2) is 29.4 Å². The van der Waals surface area contributed by atoms with Gasteiger partial charge in [-0.1, -0.05) is 11.8 Å². The quantitative estimate of drug-likeness (QED) is 0.555. The molecule has 0 bridgehead atoms. The summed E-state index contributed by atoms with van der Waals surface area (Å²) >= 11 is 1.21. The van der Waals surface area contributed by atoms with Gasteiger partial charge < -0.3 is 15.5 Å². The molecular formula is C16H21F2N5O2S. The largest absolute Gasteiger partial charge is 0.435 e. The topological polar surface area (TPSA) is 86.3 Å². The minimum Gasteiger partial charge on any atom is -0.435 e. The SMILES string of the molecule is CCN(CC)C(=O)C(C)Sc1nnc(-c2ccc(OC(F)F)cc2)n1N. The van der Waals surface area contributed by atoms with Crippen LogP contribution in [0.2, 0.25) is 0 Å². The van der Waals surface area contributed by atoms with Crippen LogP contribution in [0.1, 0.15) is 20.8 Å². The van der Waals surface area contributed by atoms with E-state index in [9.17, 15) is 13.6 Å². The van der Waals surface area contributed by atoms with Crippen LogP contribution in [0.4, 0.5) is 8.78 Å². The summed E-state index contributed by atoms with van der Waals surface area (Å²) in [4.78, 5) is 14.1. The summed E-state index contributed by atoms with van der Waals surface area (Å²) < 4.78 is 30.0. The lowest BCUT2D eigenvalue weighted by Crippen LogP contribution is -2.36. The first kappa shape index (κ1) is 20.0. The van der Waals surface area contributed by atoms with Gasteiger partial charge in [0.2, 0.25) is 11.1 Å². The highest BCUT2D eigenvalue weighted by Crippen LogP contribution is 2.27. The van der Waals surface area contributed by atoms with Crippen molar-refractivity contribution in [2.24, 2.45) is 0 Å². The molecule has 2 rings (SSSR count). The molecule has 1 aromatic heterocycles. The fraction of sp³-hybridized carbons (Fsp3) is 0.438. The molecule has 1 atom stereocenters. The molecular weight excluding hydrogens is 364 g/mol. The number of hydrogen-bond donors (Lipinski definition) is 1. The molecule has 1 heterocycles. The van der Waals surface area contributed by atoms with Gasteiger partial charge in [-0.2, -0.15) is 8.78 Å². The lowest BCUT2D eigenvalue weighted by Gasteiger charge is -2.22. The van der Waals surface area contributed by atoms with Gasteiger partial charge in [-0.05, 0) is 45.0 Å². The number of amides is 1. The second-order valence-corrected chi connectivity index (χ2v) is 6.66. The van der Waals surface area contributed by atoms with E-state index in [0.29, 0.717) is 29.6 Å². The first-order chi connectivity index (χ1) is 12.4. The van der Waals surface area contributed by atoms with Crippen LogP contribution in [0.3, 0.4) is 0 Å². The summed E-state index contributed by atoms with van der Waals surface area (Å²) in [5.74, 6) is 6.44. The lowest BCUT2D eigenvalue weighted by atomic mass is 10.2. The number of benzene rings is 1. The van der Waals surface area contributed by atoms with Crippen molar-refractivity contribution >= 4 is 17.7 Å². The highest BCUT2D eigenvalue weighted by atomic mass is 32.2. The van der Waals surface area contributed by atoms with Crippen LogP contribution in [-0.4, -0.2) is 50.6 Å².